The summed E-state index contributed by atoms with van der Waals surface area (Å²) in [5.74, 6) is 1.42. The molecular formula is C12H15ClN2O3. The molecular weight excluding hydrogens is 256 g/mol. The number of ether oxygens (including phenoxy) is 2. The quantitative estimate of drug-likeness (QED) is 0.856. The summed E-state index contributed by atoms with van der Waals surface area (Å²) in [6.07, 6.45) is 1.95. The van der Waals surface area contributed by atoms with Crippen molar-refractivity contribution in [1.29, 1.82) is 0 Å². The van der Waals surface area contributed by atoms with Gasteiger partial charge in [0.15, 0.2) is 11.5 Å². The summed E-state index contributed by atoms with van der Waals surface area (Å²) in [7, 11) is 0. The molecule has 5 nitrogen and oxygen atoms in total. The molecule has 2 aliphatic heterocycles. The van der Waals surface area contributed by atoms with Gasteiger partial charge in [0.2, 0.25) is 12.7 Å². The largest absolute Gasteiger partial charge is 0.454 e. The third-order valence-electron chi connectivity index (χ3n) is 3.02. The summed E-state index contributed by atoms with van der Waals surface area (Å²) < 4.78 is 10.5. The molecule has 0 aromatic heterocycles. The number of carbonyl (C=O) groups excluding carboxylic acids is 1. The number of fused-ring (bicyclic) bond motifs is 1. The van der Waals surface area contributed by atoms with Gasteiger partial charge in [-0.2, -0.15) is 0 Å². The molecule has 1 atom stereocenters. The van der Waals surface area contributed by atoms with E-state index in [0.717, 1.165) is 30.8 Å². The van der Waals surface area contributed by atoms with E-state index < -0.39 is 0 Å². The van der Waals surface area contributed by atoms with Gasteiger partial charge in [-0.05, 0) is 31.5 Å². The molecule has 6 heteroatoms. The molecule has 1 aromatic carbocycles. The van der Waals surface area contributed by atoms with Crippen LogP contribution in [0.3, 0.4) is 0 Å². The van der Waals surface area contributed by atoms with E-state index in [-0.39, 0.29) is 31.1 Å². The van der Waals surface area contributed by atoms with Gasteiger partial charge in [0, 0.05) is 11.8 Å². The number of benzene rings is 1. The average molecular weight is 271 g/mol. The standard InChI is InChI=1S/C12H14N2O3.ClH/c15-12(9-2-1-5-13-9)14-8-3-4-10-11(6-8)17-7-16-10;/h3-4,6,9,13H,1-2,5,7H2,(H,14,15);1H/t9-;/m0./s1. The minimum atomic E-state index is -0.0691. The Bertz CT molecular complexity index is 447. The monoisotopic (exact) mass is 270 g/mol. The van der Waals surface area contributed by atoms with Crippen LogP contribution >= 0.6 is 12.4 Å². The Morgan fingerprint density at radius 1 is 1.33 bits per heavy atom. The van der Waals surface area contributed by atoms with Gasteiger partial charge in [-0.15, -0.1) is 12.4 Å². The van der Waals surface area contributed by atoms with E-state index in [1.54, 1.807) is 12.1 Å². The minimum Gasteiger partial charge on any atom is -0.454 e. The van der Waals surface area contributed by atoms with E-state index in [4.69, 9.17) is 9.47 Å². The second kappa shape index (κ2) is 5.46. The van der Waals surface area contributed by atoms with Gasteiger partial charge < -0.3 is 20.1 Å². The highest BCUT2D eigenvalue weighted by Gasteiger charge is 2.22. The average Bonchev–Trinajstić information content (AvgIpc) is 2.99. The number of nitrogens with one attached hydrogen (secondary N) is 2. The zero-order chi connectivity index (χ0) is 11.7. The molecule has 2 N–H and O–H groups in total. The van der Waals surface area contributed by atoms with Crippen molar-refractivity contribution in [3.05, 3.63) is 18.2 Å². The Balaban J connectivity index is 0.00000120. The molecule has 0 unspecified atom stereocenters. The highest BCUT2D eigenvalue weighted by Crippen LogP contribution is 2.34. The van der Waals surface area contributed by atoms with Crippen molar-refractivity contribution in [1.82, 2.24) is 5.32 Å². The second-order valence-electron chi connectivity index (χ2n) is 4.21. The van der Waals surface area contributed by atoms with Gasteiger partial charge >= 0.3 is 0 Å². The number of hydrogen-bond acceptors (Lipinski definition) is 4. The van der Waals surface area contributed by atoms with Crippen molar-refractivity contribution in [2.24, 2.45) is 0 Å². The maximum atomic E-state index is 11.9. The highest BCUT2D eigenvalue weighted by molar-refractivity contribution is 5.95. The van der Waals surface area contributed by atoms with Crippen LogP contribution < -0.4 is 20.1 Å². The normalized spacial score (nSPS) is 20.3. The Morgan fingerprint density at radius 3 is 2.94 bits per heavy atom. The van der Waals surface area contributed by atoms with E-state index in [9.17, 15) is 4.79 Å². The van der Waals surface area contributed by atoms with E-state index in [2.05, 4.69) is 10.6 Å². The Morgan fingerprint density at radius 2 is 2.17 bits per heavy atom. The summed E-state index contributed by atoms with van der Waals surface area (Å²) in [4.78, 5) is 11.9. The van der Waals surface area contributed by atoms with Gasteiger partial charge in [-0.25, -0.2) is 0 Å². The fourth-order valence-electron chi connectivity index (χ4n) is 2.11. The first-order valence-corrected chi connectivity index (χ1v) is 5.77. The smallest absolute Gasteiger partial charge is 0.241 e. The van der Waals surface area contributed by atoms with E-state index >= 15 is 0 Å². The lowest BCUT2D eigenvalue weighted by Gasteiger charge is -2.11. The van der Waals surface area contributed by atoms with Crippen molar-refractivity contribution in [3.8, 4) is 11.5 Å². The summed E-state index contributed by atoms with van der Waals surface area (Å²) >= 11 is 0. The lowest BCUT2D eigenvalue weighted by Crippen LogP contribution is -2.35. The SMILES string of the molecule is Cl.O=C(Nc1ccc2c(c1)OCO2)[C@@H]1CCCN1. The molecule has 18 heavy (non-hydrogen) atoms. The van der Waals surface area contributed by atoms with Crippen LogP contribution in [0.2, 0.25) is 0 Å². The first-order valence-electron chi connectivity index (χ1n) is 5.77. The van der Waals surface area contributed by atoms with Crippen LogP contribution in [0.25, 0.3) is 0 Å². The van der Waals surface area contributed by atoms with Gasteiger partial charge in [-0.3, -0.25) is 4.79 Å². The van der Waals surface area contributed by atoms with Gasteiger partial charge in [-0.1, -0.05) is 0 Å². The lowest BCUT2D eigenvalue weighted by atomic mass is 10.2. The Hall–Kier alpha value is -1.46. The van der Waals surface area contributed by atoms with Crippen molar-refractivity contribution in [3.63, 3.8) is 0 Å². The van der Waals surface area contributed by atoms with E-state index in [1.165, 1.54) is 0 Å². The molecule has 98 valence electrons. The topological polar surface area (TPSA) is 59.6 Å². The summed E-state index contributed by atoms with van der Waals surface area (Å²) in [6.45, 7) is 1.16. The van der Waals surface area contributed by atoms with Crippen molar-refractivity contribution in [2.75, 3.05) is 18.7 Å². The zero-order valence-electron chi connectivity index (χ0n) is 9.77. The van der Waals surface area contributed by atoms with Crippen LogP contribution in [-0.4, -0.2) is 25.3 Å². The molecule has 3 rings (SSSR count). The number of amides is 1. The Labute approximate surface area is 111 Å². The van der Waals surface area contributed by atoms with Crippen molar-refractivity contribution in [2.45, 2.75) is 18.9 Å². The number of hydrogen-bond donors (Lipinski definition) is 2. The van der Waals surface area contributed by atoms with E-state index in [1.807, 2.05) is 6.07 Å². The maximum Gasteiger partial charge on any atom is 0.241 e. The molecule has 0 aliphatic carbocycles. The number of anilines is 1. The van der Waals surface area contributed by atoms with Crippen molar-refractivity contribution < 1.29 is 14.3 Å². The molecule has 2 heterocycles. The molecule has 1 saturated heterocycles. The first kappa shape index (κ1) is 13.0. The maximum absolute atomic E-state index is 11.9. The lowest BCUT2D eigenvalue weighted by molar-refractivity contribution is -0.117. The number of halogens is 1. The third-order valence-corrected chi connectivity index (χ3v) is 3.02. The summed E-state index contributed by atoms with van der Waals surface area (Å²) in [5.41, 5.74) is 0.743. The van der Waals surface area contributed by atoms with Crippen LogP contribution in [0.4, 0.5) is 5.69 Å². The molecule has 0 radical (unpaired) electrons. The van der Waals surface area contributed by atoms with Crippen molar-refractivity contribution >= 4 is 24.0 Å². The summed E-state index contributed by atoms with van der Waals surface area (Å²) in [5, 5.41) is 6.04. The van der Waals surface area contributed by atoms with Gasteiger partial charge in [0.05, 0.1) is 6.04 Å². The van der Waals surface area contributed by atoms with Gasteiger partial charge in [0.25, 0.3) is 0 Å². The van der Waals surface area contributed by atoms with Crippen LogP contribution in [0.15, 0.2) is 18.2 Å². The molecule has 2 aliphatic rings. The third kappa shape index (κ3) is 2.52. The second-order valence-corrected chi connectivity index (χ2v) is 4.21. The van der Waals surface area contributed by atoms with Crippen LogP contribution in [-0.2, 0) is 4.79 Å². The predicted molar refractivity (Wildman–Crippen MR) is 69.5 cm³/mol. The first-order chi connectivity index (χ1) is 8.33. The van der Waals surface area contributed by atoms with Crippen LogP contribution in [0.5, 0.6) is 11.5 Å². The molecule has 1 amide bonds. The highest BCUT2D eigenvalue weighted by atomic mass is 35.5. The molecule has 0 bridgehead atoms. The predicted octanol–water partition coefficient (Wildman–Crippen LogP) is 1.53. The molecule has 0 saturated carbocycles. The molecule has 0 spiro atoms. The van der Waals surface area contributed by atoms with E-state index in [0.29, 0.717) is 5.75 Å². The molecule has 1 aromatic rings. The number of carbonyl (C=O) groups is 1. The summed E-state index contributed by atoms with van der Waals surface area (Å²) in [6, 6.07) is 5.34. The Kier molecular flexibility index (Phi) is 3.93. The zero-order valence-corrected chi connectivity index (χ0v) is 10.6. The van der Waals surface area contributed by atoms with Gasteiger partial charge in [0.1, 0.15) is 0 Å². The number of rotatable bonds is 2. The fraction of sp³-hybridized carbons (Fsp3) is 0.417. The minimum absolute atomic E-state index is 0. The molecule has 1 fully saturated rings. The fourth-order valence-corrected chi connectivity index (χ4v) is 2.11. The van der Waals surface area contributed by atoms with Crippen LogP contribution in [0.1, 0.15) is 12.8 Å². The van der Waals surface area contributed by atoms with Crippen LogP contribution in [0, 0.1) is 0 Å².